The minimum absolute atomic E-state index is 0.00978. The number of amides is 2. The van der Waals surface area contributed by atoms with Crippen molar-refractivity contribution in [1.82, 2.24) is 0 Å². The number of allylic oxidation sites excluding steroid dienone is 1. The summed E-state index contributed by atoms with van der Waals surface area (Å²) in [4.78, 5) is 70.3. The summed E-state index contributed by atoms with van der Waals surface area (Å²) in [5, 5.41) is 41.4. The van der Waals surface area contributed by atoms with Gasteiger partial charge in [-0.1, -0.05) is 63.3 Å². The van der Waals surface area contributed by atoms with Gasteiger partial charge in [-0.05, 0) is 84.1 Å². The normalized spacial score (nSPS) is 28.9. The van der Waals surface area contributed by atoms with Gasteiger partial charge >= 0.3 is 11.9 Å². The average molecular weight is 792 g/mol. The first-order valence-corrected chi connectivity index (χ1v) is 19.3. The first-order valence-electron chi connectivity index (χ1n) is 19.3. The van der Waals surface area contributed by atoms with E-state index >= 15 is 0 Å². The molecule has 2 amide bonds. The third-order valence-electron chi connectivity index (χ3n) is 12.9. The van der Waals surface area contributed by atoms with Crippen molar-refractivity contribution >= 4 is 46.6 Å². The highest BCUT2D eigenvalue weighted by Gasteiger charge is 2.76. The highest BCUT2D eigenvalue weighted by atomic mass is 16.6. The van der Waals surface area contributed by atoms with Crippen molar-refractivity contribution in [2.75, 3.05) is 36.2 Å². The smallest absolute Gasteiger partial charge is 0.340 e. The number of aliphatic hydroxyl groups excluding tert-OH is 1. The number of hydrogen-bond acceptors (Lipinski definition) is 11. The Hall–Kier alpha value is -5.79. The Morgan fingerprint density at radius 2 is 1.55 bits per heavy atom. The van der Waals surface area contributed by atoms with Gasteiger partial charge in [-0.2, -0.15) is 0 Å². The number of aliphatic hydroxyl groups is 2. The Balaban J connectivity index is 1.19. The molecule has 1 spiro atoms. The second-order valence-corrected chi connectivity index (χ2v) is 16.8. The van der Waals surface area contributed by atoms with Crippen molar-refractivity contribution in [3.63, 3.8) is 0 Å². The fourth-order valence-corrected chi connectivity index (χ4v) is 9.99. The maximum absolute atomic E-state index is 14.9. The van der Waals surface area contributed by atoms with Crippen LogP contribution in [0.5, 0.6) is 5.75 Å². The summed E-state index contributed by atoms with van der Waals surface area (Å²) >= 11 is 0. The van der Waals surface area contributed by atoms with Crippen LogP contribution in [-0.4, -0.2) is 83.4 Å². The summed E-state index contributed by atoms with van der Waals surface area (Å²) < 4.78 is 11.5. The van der Waals surface area contributed by atoms with E-state index in [4.69, 9.17) is 9.47 Å². The van der Waals surface area contributed by atoms with Gasteiger partial charge < -0.3 is 40.3 Å². The molecule has 3 aromatic carbocycles. The first-order chi connectivity index (χ1) is 27.4. The number of carbonyl (C=O) groups is 5. The van der Waals surface area contributed by atoms with E-state index in [1.54, 1.807) is 74.5 Å². The monoisotopic (exact) mass is 791 g/mol. The number of rotatable bonds is 9. The highest BCUT2D eigenvalue weighted by Crippen LogP contribution is 2.71. The number of hydrogen-bond donors (Lipinski definition) is 5. The van der Waals surface area contributed by atoms with Gasteiger partial charge in [0.2, 0.25) is 0 Å². The molecular formula is C45H49N3O10. The van der Waals surface area contributed by atoms with E-state index in [0.717, 1.165) is 0 Å². The number of Topliss-reactive ketones (excluding diaryl/α,β-unsaturated/α-hetero) is 1. The molecule has 13 heteroatoms. The number of ether oxygens (including phenoxy) is 2. The molecule has 0 unspecified atom stereocenters. The van der Waals surface area contributed by atoms with Crippen molar-refractivity contribution in [3.05, 3.63) is 107 Å². The third kappa shape index (κ3) is 6.27. The minimum atomic E-state index is -2.39. The molecule has 8 atom stereocenters. The lowest BCUT2D eigenvalue weighted by molar-refractivity contribution is -0.191. The zero-order valence-corrected chi connectivity index (χ0v) is 33.5. The zero-order valence-electron chi connectivity index (χ0n) is 33.5. The van der Waals surface area contributed by atoms with Gasteiger partial charge in [-0.25, -0.2) is 4.79 Å². The zero-order chi connectivity index (χ0) is 42.1. The van der Waals surface area contributed by atoms with Gasteiger partial charge in [0.05, 0.1) is 33.5 Å². The van der Waals surface area contributed by atoms with E-state index in [1.807, 2.05) is 6.92 Å². The minimum Gasteiger partial charge on any atom is -0.506 e. The molecule has 2 bridgehead atoms. The quantitative estimate of drug-likeness (QED) is 0.104. The fraction of sp³-hybridized carbons (Fsp3) is 0.400. The van der Waals surface area contributed by atoms with E-state index in [2.05, 4.69) is 24.5 Å². The van der Waals surface area contributed by atoms with Crippen molar-refractivity contribution in [2.45, 2.75) is 58.8 Å². The molecule has 2 fully saturated rings. The number of aromatic hydroxyl groups is 1. The lowest BCUT2D eigenvalue weighted by atomic mass is 9.59. The molecule has 7 rings (SSSR count). The van der Waals surface area contributed by atoms with Crippen molar-refractivity contribution in [1.29, 1.82) is 0 Å². The molecule has 3 aromatic rings. The number of fused-ring (bicyclic) bond motifs is 3. The van der Waals surface area contributed by atoms with E-state index in [-0.39, 0.29) is 63.5 Å². The molecule has 0 heterocycles. The van der Waals surface area contributed by atoms with Crippen LogP contribution >= 0.6 is 0 Å². The van der Waals surface area contributed by atoms with Crippen LogP contribution in [0.15, 0.2) is 90.0 Å². The lowest BCUT2D eigenvalue weighted by Crippen LogP contribution is -2.65. The van der Waals surface area contributed by atoms with Crippen molar-refractivity contribution in [2.24, 2.45) is 34.5 Å². The molecule has 5 N–H and O–H groups in total. The van der Waals surface area contributed by atoms with Crippen LogP contribution in [0.3, 0.4) is 0 Å². The van der Waals surface area contributed by atoms with Gasteiger partial charge in [-0.3, -0.25) is 19.2 Å². The number of phenolic OH excluding ortho intramolecular Hbond substituents is 1. The predicted molar refractivity (Wildman–Crippen MR) is 215 cm³/mol. The molecule has 58 heavy (non-hydrogen) atoms. The molecule has 0 saturated heterocycles. The van der Waals surface area contributed by atoms with E-state index in [1.165, 1.54) is 37.3 Å². The lowest BCUT2D eigenvalue weighted by Gasteiger charge is -2.48. The SMILES string of the molecule is CC(=O)OCC1=C[C@@H]2C(=O)[C@]3(C=C(C)[C@H](OC(=O)c4ccccc4NC(=O)c4cccc(O)c4NC(=O)c4ccccc4N(C)C)[C@@]3(O)[C@@H]1O)[C@H](C)C[C@@H]1[C@H]2C1(C)C. The van der Waals surface area contributed by atoms with Crippen LogP contribution in [0, 0.1) is 34.5 Å². The van der Waals surface area contributed by atoms with Gasteiger partial charge in [0.1, 0.15) is 18.5 Å². The Labute approximate surface area is 336 Å². The van der Waals surface area contributed by atoms with Gasteiger partial charge in [0, 0.05) is 32.6 Å². The van der Waals surface area contributed by atoms with Crippen LogP contribution in [0.2, 0.25) is 0 Å². The summed E-state index contributed by atoms with van der Waals surface area (Å²) in [6.07, 6.45) is 0.583. The number of benzene rings is 3. The Bertz CT molecular complexity index is 2300. The fourth-order valence-electron chi connectivity index (χ4n) is 9.99. The van der Waals surface area contributed by atoms with E-state index in [9.17, 15) is 39.3 Å². The summed E-state index contributed by atoms with van der Waals surface area (Å²) in [5.41, 5.74) is -3.15. The Morgan fingerprint density at radius 1 is 0.914 bits per heavy atom. The van der Waals surface area contributed by atoms with Gasteiger partial charge in [0.15, 0.2) is 17.5 Å². The molecule has 0 aliphatic heterocycles. The number of nitrogens with zero attached hydrogens (tertiary/aromatic N) is 1. The predicted octanol–water partition coefficient (Wildman–Crippen LogP) is 5.53. The summed E-state index contributed by atoms with van der Waals surface area (Å²) in [6.45, 7) is 8.56. The maximum Gasteiger partial charge on any atom is 0.340 e. The number of phenols is 1. The molecule has 4 aliphatic carbocycles. The van der Waals surface area contributed by atoms with E-state index in [0.29, 0.717) is 23.2 Å². The molecule has 4 aliphatic rings. The molecule has 2 saturated carbocycles. The van der Waals surface area contributed by atoms with Gasteiger partial charge in [0.25, 0.3) is 11.8 Å². The summed E-state index contributed by atoms with van der Waals surface area (Å²) in [5.74, 6) is -4.65. The van der Waals surface area contributed by atoms with E-state index < -0.39 is 58.8 Å². The molecule has 0 radical (unpaired) electrons. The molecule has 13 nitrogen and oxygen atoms in total. The van der Waals surface area contributed by atoms with Crippen LogP contribution < -0.4 is 15.5 Å². The van der Waals surface area contributed by atoms with Crippen LogP contribution in [0.1, 0.15) is 72.1 Å². The van der Waals surface area contributed by atoms with Crippen LogP contribution in [0.4, 0.5) is 17.1 Å². The Morgan fingerprint density at radius 3 is 2.24 bits per heavy atom. The highest BCUT2D eigenvalue weighted by molar-refractivity contribution is 6.16. The number of ketones is 1. The Kier molecular flexibility index (Phi) is 10.1. The van der Waals surface area contributed by atoms with Crippen molar-refractivity contribution < 1.29 is 48.8 Å². The number of anilines is 3. The first kappa shape index (κ1) is 40.4. The van der Waals surface area contributed by atoms with Crippen LogP contribution in [-0.2, 0) is 19.1 Å². The topological polar surface area (TPSA) is 192 Å². The molecule has 0 aromatic heterocycles. The second-order valence-electron chi connectivity index (χ2n) is 16.8. The van der Waals surface area contributed by atoms with Crippen molar-refractivity contribution in [3.8, 4) is 5.75 Å². The summed E-state index contributed by atoms with van der Waals surface area (Å²) in [6, 6.07) is 17.0. The summed E-state index contributed by atoms with van der Waals surface area (Å²) in [7, 11) is 3.56. The molecule has 304 valence electrons. The second kappa shape index (κ2) is 14.5. The number of esters is 2. The maximum atomic E-state index is 14.9. The average Bonchev–Trinajstić information content (AvgIpc) is 3.67. The third-order valence-corrected chi connectivity index (χ3v) is 12.9. The number of para-hydroxylation sites is 3. The van der Waals surface area contributed by atoms with Crippen LogP contribution in [0.25, 0.3) is 0 Å². The largest absolute Gasteiger partial charge is 0.506 e. The molecular weight excluding hydrogens is 743 g/mol. The van der Waals surface area contributed by atoms with Gasteiger partial charge in [-0.15, -0.1) is 0 Å². The standard InChI is InChI=1S/C45H49N3O10/c1-23-21-44-24(2)19-31-35(43(31,4)5)30(38(44)52)20-26(22-57-25(3)49)37(51)45(44,56)39(23)58-42(55)27-13-8-10-16-32(27)46-41(54)29-15-12-18-34(50)36(29)47-40(53)28-14-9-11-17-33(28)48(6)7/h8-18,20-21,24,30-31,35,37,39,50-51,56H,19,22H2,1-7H3,(H,46,54)(H,47,53)/t24-,30+,31-,35+,37-,39+,44+,45+/m1/s1. The number of carbonyl (C=O) groups excluding carboxylic acids is 5. The number of nitrogens with one attached hydrogen (secondary N) is 2.